The van der Waals surface area contributed by atoms with Gasteiger partial charge < -0.3 is 9.64 Å². The van der Waals surface area contributed by atoms with Gasteiger partial charge in [0.25, 0.3) is 0 Å². The Kier molecular flexibility index (Phi) is 2.34. The van der Waals surface area contributed by atoms with Crippen LogP contribution in [-0.2, 0) is 0 Å². The Hall–Kier alpha value is -1.16. The third-order valence-corrected chi connectivity index (χ3v) is 4.66. The minimum Gasteiger partial charge on any atom is -0.474 e. The molecule has 0 spiro atoms. The molecule has 0 amide bonds. The van der Waals surface area contributed by atoms with E-state index < -0.39 is 0 Å². The van der Waals surface area contributed by atoms with Gasteiger partial charge in [-0.2, -0.15) is 0 Å². The lowest BCUT2D eigenvalue weighted by Gasteiger charge is -2.55. The van der Waals surface area contributed by atoms with Crippen LogP contribution in [-0.4, -0.2) is 35.6 Å². The highest BCUT2D eigenvalue weighted by Crippen LogP contribution is 2.44. The second-order valence-electron chi connectivity index (χ2n) is 5.97. The van der Waals surface area contributed by atoms with Crippen molar-refractivity contribution in [1.82, 2.24) is 9.88 Å². The minimum atomic E-state index is -0.307. The zero-order valence-corrected chi connectivity index (χ0v) is 10.3. The summed E-state index contributed by atoms with van der Waals surface area (Å²) >= 11 is 0. The highest BCUT2D eigenvalue weighted by atomic mass is 19.1. The summed E-state index contributed by atoms with van der Waals surface area (Å²) < 4.78 is 18.9. The average Bonchev–Trinajstić information content (AvgIpc) is 2.35. The molecule has 2 unspecified atom stereocenters. The van der Waals surface area contributed by atoms with Crippen LogP contribution < -0.4 is 4.74 Å². The van der Waals surface area contributed by atoms with Crippen molar-refractivity contribution in [2.24, 2.45) is 17.8 Å². The third kappa shape index (κ3) is 1.70. The van der Waals surface area contributed by atoms with E-state index in [1.165, 1.54) is 44.7 Å². The Labute approximate surface area is 106 Å². The molecular formula is C14H17FN2O. The van der Waals surface area contributed by atoms with Gasteiger partial charge in [0.1, 0.15) is 11.9 Å². The van der Waals surface area contributed by atoms with E-state index in [0.29, 0.717) is 17.7 Å². The van der Waals surface area contributed by atoms with Gasteiger partial charge in [-0.05, 0) is 24.8 Å². The third-order valence-electron chi connectivity index (χ3n) is 4.66. The molecule has 5 rings (SSSR count). The summed E-state index contributed by atoms with van der Waals surface area (Å²) in [5.74, 6) is 2.43. The second kappa shape index (κ2) is 3.92. The number of nitrogens with zero attached hydrogens (tertiary/aromatic N) is 2. The molecule has 0 N–H and O–H groups in total. The molecule has 1 aromatic heterocycles. The van der Waals surface area contributed by atoms with Crippen LogP contribution >= 0.6 is 0 Å². The highest BCUT2D eigenvalue weighted by Gasteiger charge is 2.48. The zero-order valence-electron chi connectivity index (χ0n) is 10.3. The van der Waals surface area contributed by atoms with Gasteiger partial charge in [-0.25, -0.2) is 9.37 Å². The van der Waals surface area contributed by atoms with Crippen molar-refractivity contribution >= 4 is 0 Å². The first kappa shape index (κ1) is 10.7. The first-order valence-electron chi connectivity index (χ1n) is 6.78. The molecule has 4 heteroatoms. The Balaban J connectivity index is 1.53. The molecule has 1 saturated carbocycles. The molecule has 18 heavy (non-hydrogen) atoms. The summed E-state index contributed by atoms with van der Waals surface area (Å²) in [6.07, 6.45) is 4.10. The van der Waals surface area contributed by atoms with Gasteiger partial charge in [-0.15, -0.1) is 0 Å². The smallest absolute Gasteiger partial charge is 0.213 e. The molecule has 4 aliphatic rings. The maximum atomic E-state index is 12.8. The number of hydrogen-bond donors (Lipinski definition) is 0. The molecule has 1 aliphatic carbocycles. The molecule has 4 bridgehead atoms. The first-order valence-corrected chi connectivity index (χ1v) is 6.78. The van der Waals surface area contributed by atoms with Crippen molar-refractivity contribution in [2.45, 2.75) is 18.9 Å². The minimum absolute atomic E-state index is 0.288. The van der Waals surface area contributed by atoms with E-state index in [-0.39, 0.29) is 11.9 Å². The molecule has 0 aromatic carbocycles. The van der Waals surface area contributed by atoms with Gasteiger partial charge in [0, 0.05) is 37.5 Å². The van der Waals surface area contributed by atoms with Gasteiger partial charge in [0.15, 0.2) is 0 Å². The fraction of sp³-hybridized carbons (Fsp3) is 0.643. The average molecular weight is 248 g/mol. The van der Waals surface area contributed by atoms with E-state index in [1.807, 2.05) is 0 Å². The topological polar surface area (TPSA) is 25.4 Å². The molecule has 4 fully saturated rings. The van der Waals surface area contributed by atoms with E-state index in [1.54, 1.807) is 6.07 Å². The van der Waals surface area contributed by atoms with Crippen molar-refractivity contribution in [1.29, 1.82) is 0 Å². The standard InChI is InChI=1S/C14H17FN2O/c15-12-1-2-13(16-5-12)18-14-10-3-9-4-11(14)8-17(6-9)7-10/h1-2,5,9-11,14H,3-4,6-8H2. The predicted molar refractivity (Wildman–Crippen MR) is 64.8 cm³/mol. The molecule has 2 atom stereocenters. The fourth-order valence-electron chi connectivity index (χ4n) is 4.13. The largest absolute Gasteiger partial charge is 0.474 e. The first-order chi connectivity index (χ1) is 8.78. The van der Waals surface area contributed by atoms with Crippen LogP contribution in [0.5, 0.6) is 5.88 Å². The van der Waals surface area contributed by atoms with E-state index in [0.717, 1.165) is 5.92 Å². The number of halogens is 1. The summed E-state index contributed by atoms with van der Waals surface area (Å²) in [4.78, 5) is 6.59. The number of piperidine rings is 3. The van der Waals surface area contributed by atoms with Crippen LogP contribution in [0.25, 0.3) is 0 Å². The second-order valence-corrected chi connectivity index (χ2v) is 5.97. The molecule has 3 aliphatic heterocycles. The molecule has 4 heterocycles. The normalized spacial score (nSPS) is 41.1. The Morgan fingerprint density at radius 3 is 2.56 bits per heavy atom. The zero-order chi connectivity index (χ0) is 12.1. The summed E-state index contributed by atoms with van der Waals surface area (Å²) in [6.45, 7) is 3.62. The number of rotatable bonds is 2. The number of ether oxygens (including phenoxy) is 1. The van der Waals surface area contributed by atoms with Gasteiger partial charge in [-0.3, -0.25) is 0 Å². The van der Waals surface area contributed by atoms with Crippen molar-refractivity contribution < 1.29 is 9.13 Å². The quantitative estimate of drug-likeness (QED) is 0.799. The summed E-state index contributed by atoms with van der Waals surface area (Å²) in [5.41, 5.74) is 0. The van der Waals surface area contributed by atoms with Gasteiger partial charge in [-0.1, -0.05) is 0 Å². The molecule has 1 aromatic rings. The molecule has 3 saturated heterocycles. The lowest BCUT2D eigenvalue weighted by Crippen LogP contribution is -2.61. The maximum absolute atomic E-state index is 12.8. The molecular weight excluding hydrogens is 231 g/mol. The number of hydrogen-bond acceptors (Lipinski definition) is 3. The summed E-state index contributed by atoms with van der Waals surface area (Å²) in [5, 5.41) is 0. The van der Waals surface area contributed by atoms with Gasteiger partial charge >= 0.3 is 0 Å². The van der Waals surface area contributed by atoms with Gasteiger partial charge in [0.05, 0.1) is 6.20 Å². The van der Waals surface area contributed by atoms with E-state index in [2.05, 4.69) is 9.88 Å². The summed E-state index contributed by atoms with van der Waals surface area (Å²) in [6, 6.07) is 3.06. The van der Waals surface area contributed by atoms with Crippen molar-refractivity contribution in [3.8, 4) is 5.88 Å². The van der Waals surface area contributed by atoms with Crippen LogP contribution in [0.1, 0.15) is 12.8 Å². The molecule has 0 radical (unpaired) electrons. The van der Waals surface area contributed by atoms with E-state index >= 15 is 0 Å². The lowest BCUT2D eigenvalue weighted by molar-refractivity contribution is -0.0997. The maximum Gasteiger partial charge on any atom is 0.213 e. The molecule has 3 nitrogen and oxygen atoms in total. The lowest BCUT2D eigenvalue weighted by atomic mass is 9.66. The number of pyridine rings is 1. The van der Waals surface area contributed by atoms with Crippen LogP contribution in [0, 0.1) is 23.6 Å². The van der Waals surface area contributed by atoms with E-state index in [4.69, 9.17) is 4.74 Å². The Morgan fingerprint density at radius 2 is 1.94 bits per heavy atom. The van der Waals surface area contributed by atoms with Crippen molar-refractivity contribution in [3.05, 3.63) is 24.1 Å². The Morgan fingerprint density at radius 1 is 1.17 bits per heavy atom. The van der Waals surface area contributed by atoms with Crippen LogP contribution in [0.4, 0.5) is 4.39 Å². The predicted octanol–water partition coefficient (Wildman–Crippen LogP) is 1.94. The van der Waals surface area contributed by atoms with Crippen LogP contribution in [0.15, 0.2) is 18.3 Å². The SMILES string of the molecule is Fc1ccc(OC2C3CC4CC2CN(C4)C3)nc1. The van der Waals surface area contributed by atoms with E-state index in [9.17, 15) is 4.39 Å². The van der Waals surface area contributed by atoms with Crippen LogP contribution in [0.3, 0.4) is 0 Å². The monoisotopic (exact) mass is 248 g/mol. The molecule has 96 valence electrons. The summed E-state index contributed by atoms with van der Waals surface area (Å²) in [7, 11) is 0. The number of aromatic nitrogens is 1. The van der Waals surface area contributed by atoms with Gasteiger partial charge in [0.2, 0.25) is 5.88 Å². The van der Waals surface area contributed by atoms with Crippen molar-refractivity contribution in [3.63, 3.8) is 0 Å². The Bertz CT molecular complexity index is 420. The highest BCUT2D eigenvalue weighted by molar-refractivity contribution is 5.13. The van der Waals surface area contributed by atoms with Crippen LogP contribution in [0.2, 0.25) is 0 Å². The fourth-order valence-corrected chi connectivity index (χ4v) is 4.13. The van der Waals surface area contributed by atoms with Crippen molar-refractivity contribution in [2.75, 3.05) is 19.6 Å².